The zero-order valence-corrected chi connectivity index (χ0v) is 21.4. The molecule has 0 aromatic heterocycles. The lowest BCUT2D eigenvalue weighted by Crippen LogP contribution is -2.41. The molecule has 0 aliphatic carbocycles. The lowest BCUT2D eigenvalue weighted by atomic mass is 10.1. The Balaban J connectivity index is 0.00000512. The highest BCUT2D eigenvalue weighted by Gasteiger charge is 2.08. The molecule has 1 amide bonds. The molecule has 0 spiro atoms. The zero-order valence-electron chi connectivity index (χ0n) is 19.0. The monoisotopic (exact) mass is 557 g/mol. The van der Waals surface area contributed by atoms with Gasteiger partial charge in [0.2, 0.25) is 0 Å². The second-order valence-corrected chi connectivity index (χ2v) is 7.45. The Morgan fingerprint density at radius 3 is 2.56 bits per heavy atom. The number of benzene rings is 2. The van der Waals surface area contributed by atoms with Crippen LogP contribution in [0.15, 0.2) is 53.5 Å². The molecule has 0 radical (unpaired) electrons. The van der Waals surface area contributed by atoms with Crippen LogP contribution in [0.3, 0.4) is 0 Å². The number of carbonyl (C=O) groups excluding carboxylic acids is 1. The van der Waals surface area contributed by atoms with E-state index in [1.165, 1.54) is 12.1 Å². The molecule has 32 heavy (non-hydrogen) atoms. The van der Waals surface area contributed by atoms with Gasteiger partial charge in [0.25, 0.3) is 5.91 Å². The predicted molar refractivity (Wildman–Crippen MR) is 137 cm³/mol. The first-order valence-electron chi connectivity index (χ1n) is 10.3. The maximum absolute atomic E-state index is 13.3. The second kappa shape index (κ2) is 14.6. The number of aliphatic imine (C=N–C) groups is 1. The van der Waals surface area contributed by atoms with Gasteiger partial charge in [-0.1, -0.05) is 18.2 Å². The molecule has 2 rings (SSSR count). The first-order chi connectivity index (χ1) is 14.9. The van der Waals surface area contributed by atoms with Crippen molar-refractivity contribution in [2.45, 2.75) is 19.6 Å². The third-order valence-electron chi connectivity index (χ3n) is 4.41. The Labute approximate surface area is 206 Å². The highest BCUT2D eigenvalue weighted by Crippen LogP contribution is 2.13. The van der Waals surface area contributed by atoms with E-state index in [2.05, 4.69) is 20.9 Å². The van der Waals surface area contributed by atoms with E-state index in [4.69, 9.17) is 4.74 Å². The van der Waals surface area contributed by atoms with Crippen LogP contribution < -0.4 is 20.7 Å². The molecule has 3 N–H and O–H groups in total. The van der Waals surface area contributed by atoms with Crippen LogP contribution in [0.5, 0.6) is 5.75 Å². The maximum Gasteiger partial charge on any atom is 0.251 e. The molecule has 2 aromatic carbocycles. The van der Waals surface area contributed by atoms with E-state index in [0.717, 1.165) is 12.1 Å². The van der Waals surface area contributed by atoms with Crippen molar-refractivity contribution in [1.82, 2.24) is 20.9 Å². The minimum atomic E-state index is -0.330. The van der Waals surface area contributed by atoms with Crippen molar-refractivity contribution in [3.05, 3.63) is 65.5 Å². The highest BCUT2D eigenvalue weighted by atomic mass is 127. The van der Waals surface area contributed by atoms with Crippen LogP contribution in [-0.2, 0) is 6.54 Å². The number of carbonyl (C=O) groups is 1. The topological polar surface area (TPSA) is 78.0 Å². The summed E-state index contributed by atoms with van der Waals surface area (Å²) in [6.07, 6.45) is -0.186. The average Bonchev–Trinajstić information content (AvgIpc) is 2.73. The SMILES string of the molecule is CN=C(NCc1cccc(C(=O)NCCN(C)C)c1)NCC(C)Oc1cccc(F)c1.I. The number of amides is 1. The van der Waals surface area contributed by atoms with Crippen molar-refractivity contribution in [3.8, 4) is 5.75 Å². The van der Waals surface area contributed by atoms with Gasteiger partial charge < -0.3 is 25.6 Å². The molecule has 176 valence electrons. The Bertz CT molecular complexity index is 879. The van der Waals surface area contributed by atoms with Gasteiger partial charge in [0, 0.05) is 38.3 Å². The van der Waals surface area contributed by atoms with Gasteiger partial charge in [-0.15, -0.1) is 24.0 Å². The predicted octanol–water partition coefficient (Wildman–Crippen LogP) is 2.87. The molecule has 1 atom stereocenters. The molecule has 0 saturated carbocycles. The van der Waals surface area contributed by atoms with Crippen LogP contribution in [0.2, 0.25) is 0 Å². The Morgan fingerprint density at radius 2 is 1.88 bits per heavy atom. The summed E-state index contributed by atoms with van der Waals surface area (Å²) >= 11 is 0. The number of rotatable bonds is 10. The third-order valence-corrected chi connectivity index (χ3v) is 4.41. The van der Waals surface area contributed by atoms with Gasteiger partial charge in [0.15, 0.2) is 5.96 Å². The number of hydrogen-bond acceptors (Lipinski definition) is 4. The van der Waals surface area contributed by atoms with Crippen LogP contribution >= 0.6 is 24.0 Å². The number of halogens is 2. The molecule has 0 saturated heterocycles. The van der Waals surface area contributed by atoms with Crippen molar-refractivity contribution in [3.63, 3.8) is 0 Å². The number of hydrogen-bond donors (Lipinski definition) is 3. The quantitative estimate of drug-likeness (QED) is 0.238. The molecule has 0 fully saturated rings. The summed E-state index contributed by atoms with van der Waals surface area (Å²) in [7, 11) is 5.61. The summed E-state index contributed by atoms with van der Waals surface area (Å²) < 4.78 is 19.0. The number of nitrogens with one attached hydrogen (secondary N) is 3. The van der Waals surface area contributed by atoms with Crippen LogP contribution in [0.25, 0.3) is 0 Å². The van der Waals surface area contributed by atoms with Gasteiger partial charge in [0.1, 0.15) is 17.7 Å². The molecule has 2 aromatic rings. The minimum Gasteiger partial charge on any atom is -0.489 e. The fourth-order valence-electron chi connectivity index (χ4n) is 2.78. The van der Waals surface area contributed by atoms with E-state index in [0.29, 0.717) is 36.9 Å². The van der Waals surface area contributed by atoms with Gasteiger partial charge in [-0.05, 0) is 50.8 Å². The van der Waals surface area contributed by atoms with E-state index < -0.39 is 0 Å². The van der Waals surface area contributed by atoms with E-state index in [9.17, 15) is 9.18 Å². The van der Waals surface area contributed by atoms with Crippen molar-refractivity contribution < 1.29 is 13.9 Å². The fourth-order valence-corrected chi connectivity index (χ4v) is 2.78. The van der Waals surface area contributed by atoms with E-state index in [1.54, 1.807) is 25.2 Å². The fraction of sp³-hybridized carbons (Fsp3) is 0.391. The van der Waals surface area contributed by atoms with Crippen molar-refractivity contribution in [2.75, 3.05) is 40.8 Å². The molecule has 1 unspecified atom stereocenters. The smallest absolute Gasteiger partial charge is 0.251 e. The number of ether oxygens (including phenoxy) is 1. The Hall–Kier alpha value is -2.40. The first-order valence-corrected chi connectivity index (χ1v) is 10.3. The van der Waals surface area contributed by atoms with E-state index in [1.807, 2.05) is 44.1 Å². The number of nitrogens with zero attached hydrogens (tertiary/aromatic N) is 2. The normalized spacial score (nSPS) is 12.0. The first kappa shape index (κ1) is 27.6. The van der Waals surface area contributed by atoms with Crippen molar-refractivity contribution in [1.29, 1.82) is 0 Å². The molecule has 0 heterocycles. The summed E-state index contributed by atoms with van der Waals surface area (Å²) in [4.78, 5) is 18.5. The van der Waals surface area contributed by atoms with E-state index >= 15 is 0 Å². The molecule has 0 bridgehead atoms. The lowest BCUT2D eigenvalue weighted by Gasteiger charge is -2.18. The molecule has 0 aliphatic rings. The summed E-state index contributed by atoms with van der Waals surface area (Å²) in [5.41, 5.74) is 1.59. The lowest BCUT2D eigenvalue weighted by molar-refractivity contribution is 0.0951. The molecular weight excluding hydrogens is 524 g/mol. The molecular formula is C23H33FIN5O2. The average molecular weight is 557 g/mol. The maximum atomic E-state index is 13.3. The number of guanidine groups is 1. The third kappa shape index (κ3) is 10.3. The van der Waals surface area contributed by atoms with Crippen molar-refractivity contribution >= 4 is 35.8 Å². The van der Waals surface area contributed by atoms with E-state index in [-0.39, 0.29) is 41.8 Å². The van der Waals surface area contributed by atoms with Gasteiger partial charge in [-0.3, -0.25) is 9.79 Å². The summed E-state index contributed by atoms with van der Waals surface area (Å²) in [5.74, 6) is 0.673. The molecule has 0 aliphatic heterocycles. The Kier molecular flexibility index (Phi) is 12.6. The minimum absolute atomic E-state index is 0. The molecule has 9 heteroatoms. The standard InChI is InChI=1S/C23H32FN5O2.HI/c1-17(31-21-10-6-9-20(24)14-21)15-27-23(25-2)28-16-18-7-5-8-19(13-18)22(30)26-11-12-29(3)4;/h5-10,13-14,17H,11-12,15-16H2,1-4H3,(H,26,30)(H2,25,27,28);1H. The summed E-state index contributed by atoms with van der Waals surface area (Å²) in [5, 5.41) is 9.32. The largest absolute Gasteiger partial charge is 0.489 e. The second-order valence-electron chi connectivity index (χ2n) is 7.45. The van der Waals surface area contributed by atoms with Gasteiger partial charge in [-0.2, -0.15) is 0 Å². The van der Waals surface area contributed by atoms with Crippen molar-refractivity contribution in [2.24, 2.45) is 4.99 Å². The van der Waals surface area contributed by atoms with Crippen LogP contribution in [0.4, 0.5) is 4.39 Å². The highest BCUT2D eigenvalue weighted by molar-refractivity contribution is 14.0. The Morgan fingerprint density at radius 1 is 1.12 bits per heavy atom. The van der Waals surface area contributed by atoms with Gasteiger partial charge >= 0.3 is 0 Å². The summed E-state index contributed by atoms with van der Waals surface area (Å²) in [6.45, 7) is 4.28. The zero-order chi connectivity index (χ0) is 22.6. The van der Waals surface area contributed by atoms with Crippen LogP contribution in [0.1, 0.15) is 22.8 Å². The number of likely N-dealkylation sites (N-methyl/N-ethyl adjacent to an activating group) is 1. The van der Waals surface area contributed by atoms with Gasteiger partial charge in [0.05, 0.1) is 6.54 Å². The summed E-state index contributed by atoms with van der Waals surface area (Å²) in [6, 6.07) is 13.5. The molecule has 7 nitrogen and oxygen atoms in total. The van der Waals surface area contributed by atoms with Gasteiger partial charge in [-0.25, -0.2) is 4.39 Å². The van der Waals surface area contributed by atoms with Crippen LogP contribution in [-0.4, -0.2) is 63.6 Å². The van der Waals surface area contributed by atoms with Crippen LogP contribution in [0, 0.1) is 5.82 Å².